The van der Waals surface area contributed by atoms with Crippen molar-refractivity contribution in [3.05, 3.63) is 53.1 Å². The third kappa shape index (κ3) is 3.15. The molecule has 0 aliphatic rings. The number of nitrogens with zero attached hydrogens (tertiary/aromatic N) is 1. The average Bonchev–Trinajstić information content (AvgIpc) is 2.39. The fraction of sp³-hybridized carbons (Fsp3) is 0.154. The number of halogens is 2. The third-order valence-electron chi connectivity index (χ3n) is 2.36. The van der Waals surface area contributed by atoms with Gasteiger partial charge in [0, 0.05) is 11.9 Å². The summed E-state index contributed by atoms with van der Waals surface area (Å²) in [6.07, 6.45) is 1.36. The number of hydrogen-bond donors (Lipinski definition) is 0. The summed E-state index contributed by atoms with van der Waals surface area (Å²) in [5.41, 5.74) is 1.07. The second kappa shape index (κ2) is 6.07. The molecule has 2 nitrogen and oxygen atoms in total. The molecule has 0 spiro atoms. The zero-order valence-electron chi connectivity index (χ0n) is 9.69. The smallest absolute Gasteiger partial charge is 0.228 e. The van der Waals surface area contributed by atoms with Crippen LogP contribution in [0.2, 0.25) is 5.02 Å². The first-order valence-corrected chi connectivity index (χ1v) is 6.63. The minimum absolute atomic E-state index is 0.384. The van der Waals surface area contributed by atoms with Gasteiger partial charge in [0.05, 0.1) is 17.0 Å². The molecule has 0 fully saturated rings. The van der Waals surface area contributed by atoms with Crippen molar-refractivity contribution in [3.63, 3.8) is 0 Å². The Labute approximate surface area is 114 Å². The van der Waals surface area contributed by atoms with E-state index in [0.717, 1.165) is 11.3 Å². The Morgan fingerprint density at radius 1 is 1.28 bits per heavy atom. The summed E-state index contributed by atoms with van der Waals surface area (Å²) in [5.74, 6) is 0.905. The van der Waals surface area contributed by atoms with Crippen molar-refractivity contribution in [2.45, 2.75) is 10.6 Å². The Hall–Kier alpha value is -1.26. The fourth-order valence-corrected chi connectivity index (χ4v) is 2.59. The van der Waals surface area contributed by atoms with E-state index in [1.165, 1.54) is 18.0 Å². The van der Waals surface area contributed by atoms with E-state index >= 15 is 0 Å². The SMILES string of the molecule is COc1ccc(CSc2c(Cl)ccnc2F)cc1. The van der Waals surface area contributed by atoms with Gasteiger partial charge in [0.25, 0.3) is 0 Å². The van der Waals surface area contributed by atoms with Crippen LogP contribution in [-0.2, 0) is 5.75 Å². The highest BCUT2D eigenvalue weighted by Crippen LogP contribution is 2.31. The molecule has 0 N–H and O–H groups in total. The van der Waals surface area contributed by atoms with Gasteiger partial charge in [0.1, 0.15) is 5.75 Å². The summed E-state index contributed by atoms with van der Waals surface area (Å²) in [4.78, 5) is 3.97. The molecule has 0 saturated carbocycles. The highest BCUT2D eigenvalue weighted by atomic mass is 35.5. The van der Waals surface area contributed by atoms with E-state index in [-0.39, 0.29) is 0 Å². The van der Waals surface area contributed by atoms with Crippen molar-refractivity contribution in [3.8, 4) is 5.75 Å². The number of pyridine rings is 1. The van der Waals surface area contributed by atoms with E-state index < -0.39 is 5.95 Å². The average molecular weight is 284 g/mol. The van der Waals surface area contributed by atoms with E-state index in [1.54, 1.807) is 13.2 Å². The third-order valence-corrected chi connectivity index (χ3v) is 3.94. The number of hydrogen-bond acceptors (Lipinski definition) is 3. The molecule has 0 aliphatic carbocycles. The molecule has 2 rings (SSSR count). The maximum atomic E-state index is 13.4. The Morgan fingerprint density at radius 3 is 2.61 bits per heavy atom. The molecule has 94 valence electrons. The predicted molar refractivity (Wildman–Crippen MR) is 71.8 cm³/mol. The van der Waals surface area contributed by atoms with Crippen LogP contribution in [0.15, 0.2) is 41.4 Å². The summed E-state index contributed by atoms with van der Waals surface area (Å²) in [6.45, 7) is 0. The van der Waals surface area contributed by atoms with Crippen LogP contribution in [0.1, 0.15) is 5.56 Å². The molecule has 0 unspecified atom stereocenters. The minimum atomic E-state index is -0.527. The lowest BCUT2D eigenvalue weighted by atomic mass is 10.2. The van der Waals surface area contributed by atoms with Crippen molar-refractivity contribution >= 4 is 23.4 Å². The first kappa shape index (κ1) is 13.2. The number of rotatable bonds is 4. The lowest BCUT2D eigenvalue weighted by molar-refractivity contribution is 0.414. The molecular weight excluding hydrogens is 273 g/mol. The van der Waals surface area contributed by atoms with Crippen LogP contribution in [-0.4, -0.2) is 12.1 Å². The van der Waals surface area contributed by atoms with Crippen molar-refractivity contribution in [2.75, 3.05) is 7.11 Å². The standard InChI is InChI=1S/C13H11ClFNOS/c1-17-10-4-2-9(3-5-10)8-18-12-11(14)6-7-16-13(12)15/h2-7H,8H2,1H3. The molecule has 18 heavy (non-hydrogen) atoms. The molecule has 2 aromatic rings. The van der Waals surface area contributed by atoms with Crippen molar-refractivity contribution in [1.82, 2.24) is 4.98 Å². The van der Waals surface area contributed by atoms with E-state index in [4.69, 9.17) is 16.3 Å². The van der Waals surface area contributed by atoms with E-state index in [1.807, 2.05) is 24.3 Å². The van der Waals surface area contributed by atoms with Gasteiger partial charge in [-0.3, -0.25) is 0 Å². The van der Waals surface area contributed by atoms with Gasteiger partial charge in [0.15, 0.2) is 0 Å². The summed E-state index contributed by atoms with van der Waals surface area (Å²) in [7, 11) is 1.62. The van der Waals surface area contributed by atoms with Gasteiger partial charge in [0.2, 0.25) is 5.95 Å². The minimum Gasteiger partial charge on any atom is -0.497 e. The highest BCUT2D eigenvalue weighted by molar-refractivity contribution is 7.98. The zero-order valence-corrected chi connectivity index (χ0v) is 11.3. The number of methoxy groups -OCH3 is 1. The van der Waals surface area contributed by atoms with E-state index in [9.17, 15) is 4.39 Å². The van der Waals surface area contributed by atoms with Crippen LogP contribution in [0, 0.1) is 5.95 Å². The lowest BCUT2D eigenvalue weighted by Crippen LogP contribution is -1.89. The number of benzene rings is 1. The maximum absolute atomic E-state index is 13.4. The molecule has 1 heterocycles. The van der Waals surface area contributed by atoms with Crippen LogP contribution in [0.3, 0.4) is 0 Å². The number of aromatic nitrogens is 1. The molecule has 5 heteroatoms. The van der Waals surface area contributed by atoms with E-state index in [2.05, 4.69) is 4.98 Å². The Bertz CT molecular complexity index is 513. The summed E-state index contributed by atoms with van der Waals surface area (Å²) < 4.78 is 18.5. The summed E-state index contributed by atoms with van der Waals surface area (Å²) in [5, 5.41) is 0.390. The van der Waals surface area contributed by atoms with Crippen LogP contribution in [0.4, 0.5) is 4.39 Å². The predicted octanol–water partition coefficient (Wildman–Crippen LogP) is 4.18. The molecule has 1 aromatic carbocycles. The normalized spacial score (nSPS) is 10.4. The molecule has 0 bridgehead atoms. The van der Waals surface area contributed by atoms with Crippen LogP contribution in [0.25, 0.3) is 0 Å². The monoisotopic (exact) mass is 283 g/mol. The second-order valence-electron chi connectivity index (χ2n) is 3.55. The summed E-state index contributed by atoms with van der Waals surface area (Å²) >= 11 is 7.25. The molecular formula is C13H11ClFNOS. The quantitative estimate of drug-likeness (QED) is 0.621. The number of ether oxygens (including phenoxy) is 1. The van der Waals surface area contributed by atoms with Crippen LogP contribution >= 0.6 is 23.4 Å². The van der Waals surface area contributed by atoms with Crippen molar-refractivity contribution in [1.29, 1.82) is 0 Å². The highest BCUT2D eigenvalue weighted by Gasteiger charge is 2.08. The van der Waals surface area contributed by atoms with E-state index in [0.29, 0.717) is 15.7 Å². The molecule has 0 saturated heterocycles. The Morgan fingerprint density at radius 2 is 2.00 bits per heavy atom. The van der Waals surface area contributed by atoms with Gasteiger partial charge in [-0.05, 0) is 23.8 Å². The Kier molecular flexibility index (Phi) is 4.44. The fourth-order valence-electron chi connectivity index (χ4n) is 1.41. The maximum Gasteiger partial charge on any atom is 0.228 e. The van der Waals surface area contributed by atoms with Gasteiger partial charge >= 0.3 is 0 Å². The largest absolute Gasteiger partial charge is 0.497 e. The van der Waals surface area contributed by atoms with Gasteiger partial charge in [-0.25, -0.2) is 4.98 Å². The Balaban J connectivity index is 2.06. The topological polar surface area (TPSA) is 22.1 Å². The van der Waals surface area contributed by atoms with Gasteiger partial charge < -0.3 is 4.74 Å². The van der Waals surface area contributed by atoms with Crippen LogP contribution < -0.4 is 4.74 Å². The zero-order chi connectivity index (χ0) is 13.0. The number of thioether (sulfide) groups is 1. The molecule has 0 aliphatic heterocycles. The second-order valence-corrected chi connectivity index (χ2v) is 4.94. The van der Waals surface area contributed by atoms with Crippen molar-refractivity contribution in [2.24, 2.45) is 0 Å². The van der Waals surface area contributed by atoms with Gasteiger partial charge in [-0.2, -0.15) is 4.39 Å². The first-order valence-electron chi connectivity index (χ1n) is 5.26. The lowest BCUT2D eigenvalue weighted by Gasteiger charge is -2.05. The van der Waals surface area contributed by atoms with Crippen LogP contribution in [0.5, 0.6) is 5.75 Å². The van der Waals surface area contributed by atoms with Gasteiger partial charge in [-0.1, -0.05) is 23.7 Å². The first-order chi connectivity index (χ1) is 8.70. The molecule has 1 aromatic heterocycles. The molecule has 0 atom stereocenters. The van der Waals surface area contributed by atoms with Crippen molar-refractivity contribution < 1.29 is 9.13 Å². The molecule has 0 radical (unpaired) electrons. The molecule has 0 amide bonds. The van der Waals surface area contributed by atoms with Gasteiger partial charge in [-0.15, -0.1) is 11.8 Å². The summed E-state index contributed by atoms with van der Waals surface area (Å²) in [6, 6.07) is 9.21.